The molecular formula is C22H18BrN3O4. The Labute approximate surface area is 181 Å². The van der Waals surface area contributed by atoms with Crippen molar-refractivity contribution in [3.05, 3.63) is 76.8 Å². The number of anilines is 3. The average Bonchev–Trinajstić information content (AvgIpc) is 3.21. The maximum absolute atomic E-state index is 12.8. The molecule has 152 valence electrons. The van der Waals surface area contributed by atoms with Gasteiger partial charge in [0.1, 0.15) is 0 Å². The van der Waals surface area contributed by atoms with Crippen LogP contribution in [0.2, 0.25) is 0 Å². The Kier molecular flexibility index (Phi) is 5.85. The van der Waals surface area contributed by atoms with Crippen molar-refractivity contribution < 1.29 is 19.1 Å². The highest BCUT2D eigenvalue weighted by atomic mass is 79.9. The maximum atomic E-state index is 12.8. The number of fused-ring (bicyclic) bond motifs is 1. The van der Waals surface area contributed by atoms with Crippen LogP contribution in [-0.4, -0.2) is 25.2 Å². The van der Waals surface area contributed by atoms with Crippen LogP contribution in [0.4, 0.5) is 17.1 Å². The fourth-order valence-corrected chi connectivity index (χ4v) is 3.17. The molecule has 1 aliphatic heterocycles. The van der Waals surface area contributed by atoms with Crippen molar-refractivity contribution in [3.63, 3.8) is 0 Å². The predicted octanol–water partition coefficient (Wildman–Crippen LogP) is 4.48. The van der Waals surface area contributed by atoms with Crippen molar-refractivity contribution in [2.75, 3.05) is 29.3 Å². The zero-order chi connectivity index (χ0) is 20.9. The molecule has 0 saturated carbocycles. The minimum absolute atomic E-state index is 0.0692. The Morgan fingerprint density at radius 3 is 2.43 bits per heavy atom. The largest absolute Gasteiger partial charge is 0.454 e. The van der Waals surface area contributed by atoms with Crippen molar-refractivity contribution in [2.45, 2.75) is 0 Å². The third kappa shape index (κ3) is 4.72. The van der Waals surface area contributed by atoms with Gasteiger partial charge in [0.05, 0.1) is 17.8 Å². The lowest BCUT2D eigenvalue weighted by atomic mass is 10.1. The van der Waals surface area contributed by atoms with E-state index in [-0.39, 0.29) is 25.2 Å². The van der Waals surface area contributed by atoms with E-state index in [0.29, 0.717) is 28.4 Å². The van der Waals surface area contributed by atoms with Gasteiger partial charge in [0.15, 0.2) is 11.5 Å². The van der Waals surface area contributed by atoms with Crippen LogP contribution in [0.5, 0.6) is 11.5 Å². The molecule has 7 nitrogen and oxygen atoms in total. The molecule has 1 aliphatic rings. The first-order valence-electron chi connectivity index (χ1n) is 9.18. The van der Waals surface area contributed by atoms with Crippen LogP contribution in [-0.2, 0) is 4.79 Å². The Morgan fingerprint density at radius 2 is 1.60 bits per heavy atom. The summed E-state index contributed by atoms with van der Waals surface area (Å²) in [5.74, 6) is 0.610. The van der Waals surface area contributed by atoms with Crippen molar-refractivity contribution >= 4 is 44.8 Å². The lowest BCUT2D eigenvalue weighted by Gasteiger charge is -2.12. The molecule has 0 aliphatic carbocycles. The number of carbonyl (C=O) groups is 2. The molecule has 0 aromatic heterocycles. The molecule has 0 saturated heterocycles. The summed E-state index contributed by atoms with van der Waals surface area (Å²) in [5, 5.41) is 8.65. The number of rotatable bonds is 6. The molecule has 0 atom stereocenters. The first kappa shape index (κ1) is 19.8. The van der Waals surface area contributed by atoms with Gasteiger partial charge in [-0.2, -0.15) is 0 Å². The summed E-state index contributed by atoms with van der Waals surface area (Å²) >= 11 is 3.37. The van der Waals surface area contributed by atoms with Crippen molar-refractivity contribution in [1.82, 2.24) is 0 Å². The van der Waals surface area contributed by atoms with Gasteiger partial charge in [-0.15, -0.1) is 0 Å². The predicted molar refractivity (Wildman–Crippen MR) is 118 cm³/mol. The number of ether oxygens (including phenoxy) is 2. The lowest BCUT2D eigenvalue weighted by molar-refractivity contribution is -0.114. The molecule has 2 amide bonds. The van der Waals surface area contributed by atoms with Crippen molar-refractivity contribution in [1.29, 1.82) is 0 Å². The standard InChI is InChI=1S/C22H18BrN3O4/c23-14-5-7-15(8-6-14)24-12-21(27)26-18-4-2-1-3-17(18)22(28)25-16-9-10-19-20(11-16)30-13-29-19/h1-11,24H,12-13H2,(H,25,28)(H,26,27). The second-order valence-electron chi connectivity index (χ2n) is 6.48. The summed E-state index contributed by atoms with van der Waals surface area (Å²) in [5.41, 5.74) is 2.18. The number of halogens is 1. The Bertz CT molecular complexity index is 1090. The smallest absolute Gasteiger partial charge is 0.257 e. The van der Waals surface area contributed by atoms with E-state index in [1.165, 1.54) is 0 Å². The van der Waals surface area contributed by atoms with Gasteiger partial charge < -0.3 is 25.4 Å². The topological polar surface area (TPSA) is 88.7 Å². The number of carbonyl (C=O) groups excluding carboxylic acids is 2. The van der Waals surface area contributed by atoms with E-state index in [2.05, 4.69) is 31.9 Å². The molecule has 0 spiro atoms. The first-order valence-corrected chi connectivity index (χ1v) is 9.97. The van der Waals surface area contributed by atoms with E-state index < -0.39 is 0 Å². The third-order valence-corrected chi connectivity index (χ3v) is 4.90. The summed E-state index contributed by atoms with van der Waals surface area (Å²) in [7, 11) is 0. The van der Waals surface area contributed by atoms with Gasteiger partial charge in [0.2, 0.25) is 12.7 Å². The van der Waals surface area contributed by atoms with Crippen LogP contribution >= 0.6 is 15.9 Å². The van der Waals surface area contributed by atoms with Crippen LogP contribution < -0.4 is 25.4 Å². The maximum Gasteiger partial charge on any atom is 0.257 e. The molecular weight excluding hydrogens is 450 g/mol. The first-order chi connectivity index (χ1) is 14.6. The SMILES string of the molecule is O=C(CNc1ccc(Br)cc1)Nc1ccccc1C(=O)Nc1ccc2c(c1)OCO2. The molecule has 30 heavy (non-hydrogen) atoms. The molecule has 0 radical (unpaired) electrons. The fourth-order valence-electron chi connectivity index (χ4n) is 2.91. The summed E-state index contributed by atoms with van der Waals surface area (Å²) in [6.45, 7) is 0.232. The van der Waals surface area contributed by atoms with E-state index in [0.717, 1.165) is 10.2 Å². The molecule has 3 aromatic rings. The molecule has 4 rings (SSSR count). The van der Waals surface area contributed by atoms with Crippen LogP contribution in [0.1, 0.15) is 10.4 Å². The zero-order valence-corrected chi connectivity index (χ0v) is 17.4. The highest BCUT2D eigenvalue weighted by Gasteiger charge is 2.17. The highest BCUT2D eigenvalue weighted by Crippen LogP contribution is 2.34. The van der Waals surface area contributed by atoms with E-state index >= 15 is 0 Å². The Hall–Kier alpha value is -3.52. The van der Waals surface area contributed by atoms with E-state index in [4.69, 9.17) is 9.47 Å². The summed E-state index contributed by atoms with van der Waals surface area (Å²) in [6, 6.07) is 19.5. The third-order valence-electron chi connectivity index (χ3n) is 4.37. The second-order valence-corrected chi connectivity index (χ2v) is 7.39. The minimum Gasteiger partial charge on any atom is -0.454 e. The molecule has 0 bridgehead atoms. The van der Waals surface area contributed by atoms with Gasteiger partial charge in [-0.3, -0.25) is 9.59 Å². The lowest BCUT2D eigenvalue weighted by Crippen LogP contribution is -2.23. The van der Waals surface area contributed by atoms with Crippen LogP contribution in [0.3, 0.4) is 0 Å². The Morgan fingerprint density at radius 1 is 0.867 bits per heavy atom. The molecule has 3 N–H and O–H groups in total. The van der Waals surface area contributed by atoms with Crippen LogP contribution in [0.15, 0.2) is 71.2 Å². The quantitative estimate of drug-likeness (QED) is 0.497. The summed E-state index contributed by atoms with van der Waals surface area (Å²) < 4.78 is 11.6. The molecule has 3 aromatic carbocycles. The van der Waals surface area contributed by atoms with Crippen LogP contribution in [0, 0.1) is 0 Å². The fraction of sp³-hybridized carbons (Fsp3) is 0.0909. The zero-order valence-electron chi connectivity index (χ0n) is 15.8. The van der Waals surface area contributed by atoms with E-state index in [1.807, 2.05) is 24.3 Å². The Balaban J connectivity index is 1.40. The molecule has 1 heterocycles. The number of para-hydroxylation sites is 1. The highest BCUT2D eigenvalue weighted by molar-refractivity contribution is 9.10. The summed E-state index contributed by atoms with van der Waals surface area (Å²) in [4.78, 5) is 25.1. The van der Waals surface area contributed by atoms with Gasteiger partial charge in [-0.1, -0.05) is 28.1 Å². The number of hydrogen-bond donors (Lipinski definition) is 3. The molecule has 8 heteroatoms. The van der Waals surface area contributed by atoms with Crippen molar-refractivity contribution in [3.8, 4) is 11.5 Å². The monoisotopic (exact) mass is 467 g/mol. The van der Waals surface area contributed by atoms with Gasteiger partial charge in [0, 0.05) is 21.9 Å². The number of nitrogens with one attached hydrogen (secondary N) is 3. The van der Waals surface area contributed by atoms with Gasteiger partial charge in [-0.05, 0) is 48.5 Å². The van der Waals surface area contributed by atoms with Gasteiger partial charge >= 0.3 is 0 Å². The van der Waals surface area contributed by atoms with E-state index in [9.17, 15) is 9.59 Å². The minimum atomic E-state index is -0.342. The number of benzene rings is 3. The van der Waals surface area contributed by atoms with Crippen molar-refractivity contribution in [2.24, 2.45) is 0 Å². The second kappa shape index (κ2) is 8.87. The average molecular weight is 468 g/mol. The number of hydrogen-bond acceptors (Lipinski definition) is 5. The van der Waals surface area contributed by atoms with Gasteiger partial charge in [-0.25, -0.2) is 0 Å². The molecule has 0 unspecified atom stereocenters. The van der Waals surface area contributed by atoms with E-state index in [1.54, 1.807) is 42.5 Å². The molecule has 0 fully saturated rings. The van der Waals surface area contributed by atoms with Gasteiger partial charge in [0.25, 0.3) is 5.91 Å². The normalized spacial score (nSPS) is 11.6. The number of amides is 2. The van der Waals surface area contributed by atoms with Crippen LogP contribution in [0.25, 0.3) is 0 Å². The summed E-state index contributed by atoms with van der Waals surface area (Å²) in [6.07, 6.45) is 0.